The molecule has 2 amide bonds. The van der Waals surface area contributed by atoms with Crippen molar-refractivity contribution >= 4 is 18.0 Å². The smallest absolute Gasteiger partial charge is 0.319 e. The fraction of sp³-hybridized carbons (Fsp3) is 0.769. The van der Waals surface area contributed by atoms with Crippen LogP contribution in [0.1, 0.15) is 26.2 Å². The summed E-state index contributed by atoms with van der Waals surface area (Å²) in [6, 6.07) is -0.168. The number of carboxylic acid groups (broad SMARTS) is 1. The Morgan fingerprint density at radius 1 is 1.30 bits per heavy atom. The van der Waals surface area contributed by atoms with E-state index >= 15 is 0 Å². The molecular formula is C13H22N2O5. The summed E-state index contributed by atoms with van der Waals surface area (Å²) in [6.07, 6.45) is 1.13. The van der Waals surface area contributed by atoms with Crippen LogP contribution in [0.15, 0.2) is 0 Å². The first kappa shape index (κ1) is 16.3. The van der Waals surface area contributed by atoms with Gasteiger partial charge in [0.1, 0.15) is 0 Å². The number of hydrogen-bond acceptors (Lipinski definition) is 4. The van der Waals surface area contributed by atoms with E-state index in [4.69, 9.17) is 9.84 Å². The highest BCUT2D eigenvalue weighted by molar-refractivity contribution is 5.76. The Morgan fingerprint density at radius 2 is 1.90 bits per heavy atom. The topological polar surface area (TPSA) is 87.2 Å². The minimum atomic E-state index is -0.798. The van der Waals surface area contributed by atoms with Gasteiger partial charge < -0.3 is 19.6 Å². The van der Waals surface area contributed by atoms with Gasteiger partial charge in [-0.05, 0) is 19.8 Å². The van der Waals surface area contributed by atoms with Crippen molar-refractivity contribution in [1.29, 1.82) is 0 Å². The van der Waals surface area contributed by atoms with Crippen LogP contribution in [-0.4, -0.2) is 66.2 Å². The van der Waals surface area contributed by atoms with Crippen LogP contribution in [0.2, 0.25) is 0 Å². The van der Waals surface area contributed by atoms with Crippen molar-refractivity contribution in [3.05, 3.63) is 0 Å². The average Bonchev–Trinajstić information content (AvgIpc) is 2.44. The number of carbonyl (C=O) groups is 3. The van der Waals surface area contributed by atoms with E-state index in [-0.39, 0.29) is 24.3 Å². The van der Waals surface area contributed by atoms with Gasteiger partial charge in [-0.3, -0.25) is 9.59 Å². The predicted molar refractivity (Wildman–Crippen MR) is 71.2 cm³/mol. The Labute approximate surface area is 118 Å². The lowest BCUT2D eigenvalue weighted by Gasteiger charge is -2.33. The summed E-state index contributed by atoms with van der Waals surface area (Å²) >= 11 is 0. The fourth-order valence-electron chi connectivity index (χ4n) is 2.15. The molecular weight excluding hydrogens is 264 g/mol. The number of amides is 2. The summed E-state index contributed by atoms with van der Waals surface area (Å²) in [4.78, 5) is 37.3. The van der Waals surface area contributed by atoms with Gasteiger partial charge in [0.15, 0.2) is 0 Å². The molecule has 0 saturated carbocycles. The molecule has 1 N–H and O–H groups in total. The van der Waals surface area contributed by atoms with Gasteiger partial charge in [-0.15, -0.1) is 0 Å². The Morgan fingerprint density at radius 3 is 2.40 bits per heavy atom. The number of ether oxygens (including phenoxy) is 1. The standard InChI is InChI=1S/C13H22N2O5/c1-3-20-11(16)6-7-14(2)13(19)15-8-4-10(5-9-15)12(17)18/h10H,3-9H2,1-2H3,(H,17,18). The van der Waals surface area contributed by atoms with E-state index in [0.717, 1.165) is 0 Å². The zero-order valence-electron chi connectivity index (χ0n) is 12.0. The van der Waals surface area contributed by atoms with Crippen LogP contribution in [0.5, 0.6) is 0 Å². The lowest BCUT2D eigenvalue weighted by molar-refractivity contribution is -0.144. The molecule has 0 radical (unpaired) electrons. The highest BCUT2D eigenvalue weighted by atomic mass is 16.5. The number of esters is 1. The van der Waals surface area contributed by atoms with Crippen molar-refractivity contribution in [2.75, 3.05) is 33.3 Å². The van der Waals surface area contributed by atoms with Crippen LogP contribution in [0.4, 0.5) is 4.79 Å². The summed E-state index contributed by atoms with van der Waals surface area (Å²) in [5.74, 6) is -1.48. The molecule has 1 fully saturated rings. The van der Waals surface area contributed by atoms with Crippen molar-refractivity contribution in [3.63, 3.8) is 0 Å². The molecule has 0 bridgehead atoms. The Bertz CT molecular complexity index is 364. The molecule has 1 rings (SSSR count). The highest BCUT2D eigenvalue weighted by Crippen LogP contribution is 2.18. The maximum absolute atomic E-state index is 12.1. The summed E-state index contributed by atoms with van der Waals surface area (Å²) in [5, 5.41) is 8.90. The first-order valence-electron chi connectivity index (χ1n) is 6.84. The number of rotatable bonds is 5. The maximum Gasteiger partial charge on any atom is 0.319 e. The van der Waals surface area contributed by atoms with Crippen molar-refractivity contribution < 1.29 is 24.2 Å². The Balaban J connectivity index is 2.35. The van der Waals surface area contributed by atoms with Crippen LogP contribution < -0.4 is 0 Å². The monoisotopic (exact) mass is 286 g/mol. The molecule has 0 unspecified atom stereocenters. The van der Waals surface area contributed by atoms with Gasteiger partial charge in [0, 0.05) is 26.7 Å². The lowest BCUT2D eigenvalue weighted by Crippen LogP contribution is -2.46. The molecule has 0 aliphatic carbocycles. The van der Waals surface area contributed by atoms with Crippen LogP contribution >= 0.6 is 0 Å². The van der Waals surface area contributed by atoms with E-state index in [2.05, 4.69) is 0 Å². The van der Waals surface area contributed by atoms with Crippen molar-refractivity contribution in [2.24, 2.45) is 5.92 Å². The van der Waals surface area contributed by atoms with Crippen molar-refractivity contribution in [3.8, 4) is 0 Å². The zero-order valence-corrected chi connectivity index (χ0v) is 12.0. The first-order valence-corrected chi connectivity index (χ1v) is 6.84. The molecule has 0 aromatic carbocycles. The van der Waals surface area contributed by atoms with Gasteiger partial charge in [0.05, 0.1) is 18.9 Å². The normalized spacial score (nSPS) is 15.8. The quantitative estimate of drug-likeness (QED) is 0.755. The summed E-state index contributed by atoms with van der Waals surface area (Å²) in [7, 11) is 1.63. The third kappa shape index (κ3) is 4.71. The van der Waals surface area contributed by atoms with Crippen LogP contribution in [-0.2, 0) is 14.3 Å². The summed E-state index contributed by atoms with van der Waals surface area (Å²) in [6.45, 7) is 3.26. The summed E-state index contributed by atoms with van der Waals surface area (Å²) in [5.41, 5.74) is 0. The minimum absolute atomic E-state index is 0.168. The number of nitrogens with zero attached hydrogens (tertiary/aromatic N) is 2. The SMILES string of the molecule is CCOC(=O)CCN(C)C(=O)N1CCC(C(=O)O)CC1. The maximum atomic E-state index is 12.1. The van der Waals surface area contributed by atoms with E-state index in [1.54, 1.807) is 18.9 Å². The second-order valence-electron chi connectivity index (χ2n) is 4.86. The minimum Gasteiger partial charge on any atom is -0.481 e. The van der Waals surface area contributed by atoms with E-state index in [0.29, 0.717) is 39.1 Å². The number of likely N-dealkylation sites (tertiary alicyclic amines) is 1. The van der Waals surface area contributed by atoms with E-state index < -0.39 is 5.97 Å². The van der Waals surface area contributed by atoms with Gasteiger partial charge >= 0.3 is 18.0 Å². The molecule has 114 valence electrons. The number of aliphatic carboxylic acids is 1. The van der Waals surface area contributed by atoms with Gasteiger partial charge in [0.2, 0.25) is 0 Å². The number of piperidine rings is 1. The molecule has 1 heterocycles. The zero-order chi connectivity index (χ0) is 15.1. The average molecular weight is 286 g/mol. The van der Waals surface area contributed by atoms with Crippen molar-refractivity contribution in [1.82, 2.24) is 9.80 Å². The molecule has 0 spiro atoms. The van der Waals surface area contributed by atoms with E-state index in [1.807, 2.05) is 0 Å². The lowest BCUT2D eigenvalue weighted by atomic mass is 9.97. The second kappa shape index (κ2) is 7.72. The first-order chi connectivity index (χ1) is 9.45. The number of hydrogen-bond donors (Lipinski definition) is 1. The largest absolute Gasteiger partial charge is 0.481 e. The van der Waals surface area contributed by atoms with Crippen LogP contribution in [0.3, 0.4) is 0 Å². The third-order valence-corrected chi connectivity index (χ3v) is 3.40. The highest BCUT2D eigenvalue weighted by Gasteiger charge is 2.28. The molecule has 1 aliphatic rings. The number of carboxylic acids is 1. The van der Waals surface area contributed by atoms with Crippen LogP contribution in [0, 0.1) is 5.92 Å². The molecule has 1 aliphatic heterocycles. The van der Waals surface area contributed by atoms with E-state index in [1.165, 1.54) is 4.90 Å². The molecule has 0 atom stereocenters. The Kier molecular flexibility index (Phi) is 6.27. The van der Waals surface area contributed by atoms with Gasteiger partial charge in [0.25, 0.3) is 0 Å². The molecule has 0 aromatic rings. The molecule has 7 heteroatoms. The van der Waals surface area contributed by atoms with E-state index in [9.17, 15) is 14.4 Å². The third-order valence-electron chi connectivity index (χ3n) is 3.40. The predicted octanol–water partition coefficient (Wildman–Crippen LogP) is 0.788. The van der Waals surface area contributed by atoms with Gasteiger partial charge in [-0.2, -0.15) is 0 Å². The van der Waals surface area contributed by atoms with Gasteiger partial charge in [-0.25, -0.2) is 4.79 Å². The molecule has 7 nitrogen and oxygen atoms in total. The molecule has 1 saturated heterocycles. The van der Waals surface area contributed by atoms with Crippen LogP contribution in [0.25, 0.3) is 0 Å². The number of urea groups is 1. The molecule has 0 aromatic heterocycles. The second-order valence-corrected chi connectivity index (χ2v) is 4.86. The molecule has 20 heavy (non-hydrogen) atoms. The summed E-state index contributed by atoms with van der Waals surface area (Å²) < 4.78 is 4.80. The Hall–Kier alpha value is -1.79. The fourth-order valence-corrected chi connectivity index (χ4v) is 2.15. The van der Waals surface area contributed by atoms with Gasteiger partial charge in [-0.1, -0.05) is 0 Å². The number of carbonyl (C=O) groups excluding carboxylic acids is 2. The van der Waals surface area contributed by atoms with Crippen molar-refractivity contribution in [2.45, 2.75) is 26.2 Å².